The molecule has 1 aromatic heterocycles. The number of carbonyl (C=O) groups is 2. The maximum Gasteiger partial charge on any atom is 0.344 e. The lowest BCUT2D eigenvalue weighted by Gasteiger charge is -2.13. The fourth-order valence-electron chi connectivity index (χ4n) is 2.70. The molecule has 144 valence electrons. The second-order valence-electron chi connectivity index (χ2n) is 6.02. The zero-order valence-corrected chi connectivity index (χ0v) is 15.5. The van der Waals surface area contributed by atoms with Crippen LogP contribution in [0.2, 0.25) is 0 Å². The van der Waals surface area contributed by atoms with Crippen molar-refractivity contribution in [3.05, 3.63) is 54.3 Å². The molecule has 1 heterocycles. The van der Waals surface area contributed by atoms with Gasteiger partial charge in [0, 0.05) is 29.6 Å². The van der Waals surface area contributed by atoms with Gasteiger partial charge in [-0.25, -0.2) is 14.2 Å². The monoisotopic (exact) mass is 382 g/mol. The van der Waals surface area contributed by atoms with Gasteiger partial charge in [0.25, 0.3) is 0 Å². The molecule has 0 aliphatic carbocycles. The van der Waals surface area contributed by atoms with E-state index >= 15 is 0 Å². The third-order valence-corrected chi connectivity index (χ3v) is 3.88. The number of rotatable bonds is 6. The summed E-state index contributed by atoms with van der Waals surface area (Å²) in [6.07, 6.45) is 0. The molecular formula is C21H19FN2O4. The van der Waals surface area contributed by atoms with Gasteiger partial charge in [0.1, 0.15) is 11.6 Å². The molecule has 1 N–H and O–H groups in total. The standard InChI is InChI=1S/C21H19FN2O4/c1-3-27-21(26)12-28-20-11-19(14-4-6-15(22)7-5-14)24-18-9-8-16(10-17(18)20)23-13(2)25/h4-11H,3,12H2,1-2H3,(H,23,25). The Labute approximate surface area is 161 Å². The molecule has 3 aromatic rings. The predicted octanol–water partition coefficient (Wildman–Crippen LogP) is 3.94. The lowest BCUT2D eigenvalue weighted by atomic mass is 10.1. The Morgan fingerprint density at radius 2 is 1.86 bits per heavy atom. The molecular weight excluding hydrogens is 363 g/mol. The van der Waals surface area contributed by atoms with Crippen molar-refractivity contribution in [1.82, 2.24) is 4.98 Å². The Morgan fingerprint density at radius 3 is 2.54 bits per heavy atom. The van der Waals surface area contributed by atoms with Gasteiger partial charge in [0.05, 0.1) is 17.8 Å². The number of esters is 1. The highest BCUT2D eigenvalue weighted by Gasteiger charge is 2.12. The van der Waals surface area contributed by atoms with Crippen LogP contribution >= 0.6 is 0 Å². The predicted molar refractivity (Wildman–Crippen MR) is 104 cm³/mol. The maximum absolute atomic E-state index is 13.2. The Hall–Kier alpha value is -3.48. The van der Waals surface area contributed by atoms with Crippen molar-refractivity contribution in [3.8, 4) is 17.0 Å². The zero-order valence-electron chi connectivity index (χ0n) is 15.5. The number of halogens is 1. The first-order valence-corrected chi connectivity index (χ1v) is 8.73. The van der Waals surface area contributed by atoms with E-state index in [1.165, 1.54) is 19.1 Å². The van der Waals surface area contributed by atoms with Crippen LogP contribution in [0.15, 0.2) is 48.5 Å². The number of hydrogen-bond acceptors (Lipinski definition) is 5. The van der Waals surface area contributed by atoms with Crippen molar-refractivity contribution in [2.24, 2.45) is 0 Å². The van der Waals surface area contributed by atoms with E-state index in [1.807, 2.05) is 0 Å². The molecule has 1 amide bonds. The Morgan fingerprint density at radius 1 is 1.11 bits per heavy atom. The number of carbonyl (C=O) groups excluding carboxylic acids is 2. The van der Waals surface area contributed by atoms with Gasteiger partial charge >= 0.3 is 5.97 Å². The molecule has 0 saturated carbocycles. The van der Waals surface area contributed by atoms with E-state index in [4.69, 9.17) is 9.47 Å². The average molecular weight is 382 g/mol. The molecule has 0 aliphatic heterocycles. The highest BCUT2D eigenvalue weighted by molar-refractivity contribution is 5.95. The average Bonchev–Trinajstić information content (AvgIpc) is 2.66. The number of aromatic nitrogens is 1. The van der Waals surface area contributed by atoms with Crippen molar-refractivity contribution < 1.29 is 23.5 Å². The second-order valence-corrected chi connectivity index (χ2v) is 6.02. The summed E-state index contributed by atoms with van der Waals surface area (Å²) in [6, 6.07) is 12.8. The Kier molecular flexibility index (Phi) is 5.84. The molecule has 0 unspecified atom stereocenters. The first-order chi connectivity index (χ1) is 13.5. The number of amides is 1. The highest BCUT2D eigenvalue weighted by Crippen LogP contribution is 2.32. The summed E-state index contributed by atoms with van der Waals surface area (Å²) in [6.45, 7) is 3.12. The van der Waals surface area contributed by atoms with Gasteiger partial charge in [-0.3, -0.25) is 4.79 Å². The normalized spacial score (nSPS) is 10.5. The van der Waals surface area contributed by atoms with E-state index in [0.717, 1.165) is 0 Å². The van der Waals surface area contributed by atoms with Crippen molar-refractivity contribution >= 4 is 28.5 Å². The van der Waals surface area contributed by atoms with Gasteiger partial charge in [0.15, 0.2) is 6.61 Å². The Bertz CT molecular complexity index is 1020. The third kappa shape index (κ3) is 4.62. The number of hydrogen-bond donors (Lipinski definition) is 1. The van der Waals surface area contributed by atoms with Gasteiger partial charge < -0.3 is 14.8 Å². The third-order valence-electron chi connectivity index (χ3n) is 3.88. The summed E-state index contributed by atoms with van der Waals surface area (Å²) in [4.78, 5) is 27.6. The minimum absolute atomic E-state index is 0.204. The molecule has 0 bridgehead atoms. The molecule has 3 rings (SSSR count). The van der Waals surface area contributed by atoms with Crippen LogP contribution in [-0.2, 0) is 14.3 Å². The molecule has 2 aromatic carbocycles. The lowest BCUT2D eigenvalue weighted by Crippen LogP contribution is -2.15. The van der Waals surface area contributed by atoms with Gasteiger partial charge in [-0.05, 0) is 49.4 Å². The lowest BCUT2D eigenvalue weighted by molar-refractivity contribution is -0.145. The van der Waals surface area contributed by atoms with E-state index < -0.39 is 5.97 Å². The van der Waals surface area contributed by atoms with Crippen molar-refractivity contribution in [2.75, 3.05) is 18.5 Å². The number of fused-ring (bicyclic) bond motifs is 1. The first kappa shape index (κ1) is 19.3. The van der Waals surface area contributed by atoms with Crippen LogP contribution in [0.25, 0.3) is 22.2 Å². The topological polar surface area (TPSA) is 77.5 Å². The highest BCUT2D eigenvalue weighted by atomic mass is 19.1. The van der Waals surface area contributed by atoms with Gasteiger partial charge in [0.2, 0.25) is 5.91 Å². The van der Waals surface area contributed by atoms with Crippen molar-refractivity contribution in [3.63, 3.8) is 0 Å². The minimum atomic E-state index is -0.492. The summed E-state index contributed by atoms with van der Waals surface area (Å²) >= 11 is 0. The summed E-state index contributed by atoms with van der Waals surface area (Å²) < 4.78 is 23.8. The molecule has 28 heavy (non-hydrogen) atoms. The largest absolute Gasteiger partial charge is 0.481 e. The fraction of sp³-hybridized carbons (Fsp3) is 0.190. The molecule has 0 saturated heterocycles. The molecule has 0 atom stereocenters. The smallest absolute Gasteiger partial charge is 0.344 e. The number of nitrogens with zero attached hydrogens (tertiary/aromatic N) is 1. The molecule has 0 fully saturated rings. The number of benzene rings is 2. The fourth-order valence-corrected chi connectivity index (χ4v) is 2.70. The number of anilines is 1. The SMILES string of the molecule is CCOC(=O)COc1cc(-c2ccc(F)cc2)nc2ccc(NC(C)=O)cc12. The van der Waals surface area contributed by atoms with E-state index in [9.17, 15) is 14.0 Å². The molecule has 0 radical (unpaired) electrons. The quantitative estimate of drug-likeness (QED) is 0.654. The first-order valence-electron chi connectivity index (χ1n) is 8.73. The van der Waals surface area contributed by atoms with Crippen LogP contribution in [0.1, 0.15) is 13.8 Å². The van der Waals surface area contributed by atoms with Crippen LogP contribution in [0.3, 0.4) is 0 Å². The summed E-state index contributed by atoms with van der Waals surface area (Å²) in [5.41, 5.74) is 2.46. The van der Waals surface area contributed by atoms with Crippen LogP contribution < -0.4 is 10.1 Å². The van der Waals surface area contributed by atoms with Gasteiger partial charge in [-0.1, -0.05) is 0 Å². The second kappa shape index (κ2) is 8.47. The van der Waals surface area contributed by atoms with Gasteiger partial charge in [-0.2, -0.15) is 0 Å². The van der Waals surface area contributed by atoms with E-state index in [-0.39, 0.29) is 24.9 Å². The Balaban J connectivity index is 2.05. The maximum atomic E-state index is 13.2. The van der Waals surface area contributed by atoms with Crippen LogP contribution in [-0.4, -0.2) is 30.1 Å². The van der Waals surface area contributed by atoms with Crippen molar-refractivity contribution in [1.29, 1.82) is 0 Å². The van der Waals surface area contributed by atoms with E-state index in [1.54, 1.807) is 43.3 Å². The molecule has 0 spiro atoms. The summed E-state index contributed by atoms with van der Waals surface area (Å²) in [5.74, 6) is -0.633. The zero-order chi connectivity index (χ0) is 20.1. The van der Waals surface area contributed by atoms with E-state index in [0.29, 0.717) is 33.6 Å². The van der Waals surface area contributed by atoms with Crippen LogP contribution in [0.4, 0.5) is 10.1 Å². The van der Waals surface area contributed by atoms with E-state index in [2.05, 4.69) is 10.3 Å². The molecule has 7 heteroatoms. The van der Waals surface area contributed by atoms with Crippen molar-refractivity contribution in [2.45, 2.75) is 13.8 Å². The minimum Gasteiger partial charge on any atom is -0.481 e. The summed E-state index contributed by atoms with van der Waals surface area (Å²) in [5, 5.41) is 3.33. The molecule has 6 nitrogen and oxygen atoms in total. The van der Waals surface area contributed by atoms with Crippen LogP contribution in [0, 0.1) is 5.82 Å². The van der Waals surface area contributed by atoms with Crippen LogP contribution in [0.5, 0.6) is 5.75 Å². The summed E-state index contributed by atoms with van der Waals surface area (Å²) in [7, 11) is 0. The number of pyridine rings is 1. The molecule has 0 aliphatic rings. The number of ether oxygens (including phenoxy) is 2. The van der Waals surface area contributed by atoms with Gasteiger partial charge in [-0.15, -0.1) is 0 Å². The number of nitrogens with one attached hydrogen (secondary N) is 1.